The van der Waals surface area contributed by atoms with Crippen LogP contribution in [0, 0.1) is 35.0 Å². The molecule has 1 aromatic rings. The zero-order valence-electron chi connectivity index (χ0n) is 23.3. The Morgan fingerprint density at radius 2 is 1.79 bits per heavy atom. The second-order valence-electron chi connectivity index (χ2n) is 12.4. The van der Waals surface area contributed by atoms with Gasteiger partial charge in [-0.25, -0.2) is 9.65 Å². The Morgan fingerprint density at radius 3 is 2.36 bits per heavy atom. The van der Waals surface area contributed by atoms with Crippen LogP contribution in [0.25, 0.3) is 10.4 Å². The second-order valence-corrected chi connectivity index (χ2v) is 14.3. The molecule has 1 heterocycles. The predicted octanol–water partition coefficient (Wildman–Crippen LogP) is 6.37. The summed E-state index contributed by atoms with van der Waals surface area (Å²) in [6, 6.07) is 8.34. The van der Waals surface area contributed by atoms with E-state index in [1.54, 1.807) is 0 Å². The number of carbonyl (C=O) groups excluding carboxylic acids is 1. The van der Waals surface area contributed by atoms with E-state index >= 15 is 0 Å². The van der Waals surface area contributed by atoms with E-state index in [0.29, 0.717) is 0 Å². The molecule has 1 saturated heterocycles. The highest BCUT2D eigenvalue weighted by Gasteiger charge is 2.62. The largest absolute Gasteiger partial charge is 0.460 e. The second kappa shape index (κ2) is 11.2. The number of nitrogens with zero attached hydrogens (tertiary/aromatic N) is 3. The molecule has 11 heteroatoms. The van der Waals surface area contributed by atoms with Crippen molar-refractivity contribution in [2.24, 2.45) is 40.1 Å². The molecule has 6 rings (SSSR count). The average molecular weight is 561 g/mol. The fourth-order valence-electron chi connectivity index (χ4n) is 8.16. The fourth-order valence-corrected chi connectivity index (χ4v) is 9.38. The summed E-state index contributed by atoms with van der Waals surface area (Å²) >= 11 is 0. The standard InChI is InChI=1S/C28H41N4O6P/c1-18-19(2)28(31-32-29,38-25(18)27-13-22-10-23(14-27)12-24(11-22)15-27)17-37-39(34,35-4)30-20(3)26(33)36-16-21-8-6-5-7-9-21/h5-9,18-20,22-25H,10-17H2,1-4H3,(H,30,34)/t18-,19+,20-,22?,23?,24?,25+,27?,28-,39?/m1/s1. The van der Waals surface area contributed by atoms with Gasteiger partial charge < -0.3 is 14.0 Å². The first kappa shape index (κ1) is 28.6. The van der Waals surface area contributed by atoms with Crippen LogP contribution in [0.4, 0.5) is 0 Å². The smallest absolute Gasteiger partial charge is 0.406 e. The first-order valence-electron chi connectivity index (χ1n) is 14.1. The van der Waals surface area contributed by atoms with E-state index in [-0.39, 0.29) is 36.6 Å². The van der Waals surface area contributed by atoms with Crippen molar-refractivity contribution in [2.45, 2.75) is 83.8 Å². The summed E-state index contributed by atoms with van der Waals surface area (Å²) in [6.07, 6.45) is 7.41. The maximum absolute atomic E-state index is 13.5. The number of carbonyl (C=O) groups is 1. The highest BCUT2D eigenvalue weighted by Crippen LogP contribution is 2.65. The third-order valence-electron chi connectivity index (χ3n) is 9.82. The number of rotatable bonds is 11. The van der Waals surface area contributed by atoms with Crippen molar-refractivity contribution >= 4 is 13.7 Å². The van der Waals surface area contributed by atoms with Gasteiger partial charge in [-0.3, -0.25) is 9.32 Å². The Labute approximate surface area is 230 Å². The molecule has 1 N–H and O–H groups in total. The van der Waals surface area contributed by atoms with E-state index in [2.05, 4.69) is 22.0 Å². The van der Waals surface area contributed by atoms with Crippen molar-refractivity contribution in [3.63, 3.8) is 0 Å². The molecule has 1 unspecified atom stereocenters. The Bertz CT molecular complexity index is 1110. The highest BCUT2D eigenvalue weighted by atomic mass is 31.2. The van der Waals surface area contributed by atoms with Crippen LogP contribution >= 0.6 is 7.75 Å². The van der Waals surface area contributed by atoms with Gasteiger partial charge in [0.05, 0.1) is 12.7 Å². The van der Waals surface area contributed by atoms with E-state index in [4.69, 9.17) is 18.5 Å². The molecule has 10 nitrogen and oxygen atoms in total. The van der Waals surface area contributed by atoms with Crippen molar-refractivity contribution in [3.05, 3.63) is 46.3 Å². The molecule has 0 amide bonds. The van der Waals surface area contributed by atoms with Crippen LogP contribution in [-0.4, -0.2) is 37.6 Å². The lowest BCUT2D eigenvalue weighted by atomic mass is 9.47. The Hall–Kier alpha value is -1.93. The molecule has 6 atom stereocenters. The monoisotopic (exact) mass is 560 g/mol. The Morgan fingerprint density at radius 1 is 1.18 bits per heavy atom. The van der Waals surface area contributed by atoms with Gasteiger partial charge >= 0.3 is 13.7 Å². The maximum atomic E-state index is 13.5. The minimum atomic E-state index is -3.96. The third-order valence-corrected chi connectivity index (χ3v) is 11.5. The number of esters is 1. The lowest BCUT2D eigenvalue weighted by Gasteiger charge is -2.59. The molecule has 0 aromatic heterocycles. The first-order valence-corrected chi connectivity index (χ1v) is 15.7. The Kier molecular flexibility index (Phi) is 8.18. The number of azide groups is 1. The summed E-state index contributed by atoms with van der Waals surface area (Å²) in [5.41, 5.74) is 9.13. The van der Waals surface area contributed by atoms with Gasteiger partial charge in [0, 0.05) is 12.0 Å². The summed E-state index contributed by atoms with van der Waals surface area (Å²) in [5, 5.41) is 6.77. The van der Waals surface area contributed by atoms with Gasteiger partial charge in [-0.15, -0.1) is 0 Å². The van der Waals surface area contributed by atoms with Gasteiger partial charge in [-0.2, -0.15) is 0 Å². The van der Waals surface area contributed by atoms with Crippen LogP contribution in [0.15, 0.2) is 35.4 Å². The minimum Gasteiger partial charge on any atom is -0.460 e. The molecule has 0 spiro atoms. The van der Waals surface area contributed by atoms with Gasteiger partial charge in [0.15, 0.2) is 5.72 Å². The topological polar surface area (TPSA) is 132 Å². The van der Waals surface area contributed by atoms with E-state index in [1.807, 2.05) is 37.3 Å². The highest BCUT2D eigenvalue weighted by molar-refractivity contribution is 7.51. The lowest BCUT2D eigenvalue weighted by Crippen LogP contribution is -2.53. The number of hydrogen-bond donors (Lipinski definition) is 1. The molecule has 39 heavy (non-hydrogen) atoms. The number of benzene rings is 1. The average Bonchev–Trinajstić information content (AvgIpc) is 3.17. The summed E-state index contributed by atoms with van der Waals surface area (Å²) in [5.74, 6) is 1.66. The molecule has 1 aliphatic heterocycles. The molecule has 0 radical (unpaired) electrons. The number of ether oxygens (including phenoxy) is 2. The van der Waals surface area contributed by atoms with Gasteiger partial charge in [-0.05, 0) is 91.5 Å². The first-order chi connectivity index (χ1) is 18.6. The van der Waals surface area contributed by atoms with E-state index in [9.17, 15) is 14.9 Å². The van der Waals surface area contributed by atoms with Crippen molar-refractivity contribution in [1.82, 2.24) is 5.09 Å². The third kappa shape index (κ3) is 5.65. The molecule has 5 fully saturated rings. The van der Waals surface area contributed by atoms with E-state index in [0.717, 1.165) is 42.6 Å². The van der Waals surface area contributed by atoms with Gasteiger partial charge in [0.1, 0.15) is 12.6 Å². The van der Waals surface area contributed by atoms with Crippen molar-refractivity contribution in [2.75, 3.05) is 13.7 Å². The van der Waals surface area contributed by atoms with Crippen molar-refractivity contribution in [3.8, 4) is 0 Å². The molecular weight excluding hydrogens is 519 g/mol. The molecule has 4 aliphatic carbocycles. The summed E-state index contributed by atoms with van der Waals surface area (Å²) in [7, 11) is -2.72. The molecule has 4 bridgehead atoms. The maximum Gasteiger partial charge on any atom is 0.406 e. The molecule has 4 saturated carbocycles. The fraction of sp³-hybridized carbons (Fsp3) is 0.750. The van der Waals surface area contributed by atoms with Crippen LogP contribution in [0.1, 0.15) is 64.9 Å². The lowest BCUT2D eigenvalue weighted by molar-refractivity contribution is -0.173. The van der Waals surface area contributed by atoms with Gasteiger partial charge in [0.25, 0.3) is 0 Å². The zero-order valence-corrected chi connectivity index (χ0v) is 24.2. The summed E-state index contributed by atoms with van der Waals surface area (Å²) in [6.45, 7) is 5.55. The van der Waals surface area contributed by atoms with Crippen molar-refractivity contribution < 1.29 is 27.9 Å². The normalized spacial score (nSPS) is 39.1. The minimum absolute atomic E-state index is 0.0585. The van der Waals surface area contributed by atoms with Crippen LogP contribution < -0.4 is 5.09 Å². The summed E-state index contributed by atoms with van der Waals surface area (Å²) in [4.78, 5) is 15.7. The van der Waals surface area contributed by atoms with Crippen LogP contribution in [0.3, 0.4) is 0 Å². The van der Waals surface area contributed by atoms with Crippen LogP contribution in [0.2, 0.25) is 0 Å². The van der Waals surface area contributed by atoms with Crippen molar-refractivity contribution in [1.29, 1.82) is 0 Å². The molecule has 1 aromatic carbocycles. The molecular formula is C28H41N4O6P. The van der Waals surface area contributed by atoms with Crippen LogP contribution in [-0.2, 0) is 34.5 Å². The van der Waals surface area contributed by atoms with Gasteiger partial charge in [-0.1, -0.05) is 49.3 Å². The predicted molar refractivity (Wildman–Crippen MR) is 145 cm³/mol. The molecule has 214 valence electrons. The zero-order chi connectivity index (χ0) is 27.8. The Balaban J connectivity index is 1.26. The number of hydrogen-bond acceptors (Lipinski definition) is 7. The van der Waals surface area contributed by atoms with Crippen LogP contribution in [0.5, 0.6) is 0 Å². The quantitative estimate of drug-likeness (QED) is 0.109. The number of nitrogens with one attached hydrogen (secondary N) is 1. The van der Waals surface area contributed by atoms with E-state index < -0.39 is 25.5 Å². The SMILES string of the molecule is COP(=O)(N[C@H](C)C(=O)OCc1ccccc1)OC[C@@]1(N=[N+]=[N-])O[C@H](C23CC4CC(CC(C4)C2)C3)[C@H](C)[C@@H]1C. The van der Waals surface area contributed by atoms with E-state index in [1.165, 1.54) is 33.3 Å². The van der Waals surface area contributed by atoms with Gasteiger partial charge in [0.2, 0.25) is 0 Å². The summed E-state index contributed by atoms with van der Waals surface area (Å²) < 4.78 is 36.6. The molecule has 5 aliphatic rings.